The maximum absolute atomic E-state index is 9.59. The van der Waals surface area contributed by atoms with Gasteiger partial charge in [-0.25, -0.2) is 0 Å². The van der Waals surface area contributed by atoms with E-state index in [2.05, 4.69) is 0 Å². The second-order valence-electron chi connectivity index (χ2n) is 3.92. The van der Waals surface area contributed by atoms with Crippen LogP contribution in [-0.2, 0) is 18.0 Å². The molecule has 0 saturated carbocycles. The Hall–Kier alpha value is -2.20. The highest BCUT2D eigenvalue weighted by Crippen LogP contribution is 2.37. The van der Waals surface area contributed by atoms with Crippen molar-refractivity contribution in [3.63, 3.8) is 0 Å². The Morgan fingerprint density at radius 2 is 1.50 bits per heavy atom. The number of aromatic hydroxyl groups is 3. The number of phenolic OH excluding ortho intramolecular Hbond substituents is 3. The summed E-state index contributed by atoms with van der Waals surface area (Å²) in [6.45, 7) is 0.580. The van der Waals surface area contributed by atoms with Crippen LogP contribution in [0.25, 0.3) is 0 Å². The average molecular weight is 246 g/mol. The van der Waals surface area contributed by atoms with E-state index < -0.39 is 5.75 Å². The molecule has 0 heterocycles. The van der Waals surface area contributed by atoms with Gasteiger partial charge in [0.2, 0.25) is 5.75 Å². The second kappa shape index (κ2) is 5.42. The quantitative estimate of drug-likeness (QED) is 0.725. The summed E-state index contributed by atoms with van der Waals surface area (Å²) in [6, 6.07) is 12.5. The van der Waals surface area contributed by atoms with Gasteiger partial charge in [0, 0.05) is 5.56 Å². The van der Waals surface area contributed by atoms with E-state index in [-0.39, 0.29) is 18.1 Å². The van der Waals surface area contributed by atoms with E-state index in [1.54, 1.807) is 0 Å². The van der Waals surface area contributed by atoms with Crippen molar-refractivity contribution >= 4 is 0 Å². The van der Waals surface area contributed by atoms with E-state index >= 15 is 0 Å². The molecule has 0 unspecified atom stereocenters. The standard InChI is InChI=1S/C14H14O4/c15-12-7-6-11(13(16)14(12)17)9-18-8-10-4-2-1-3-5-10/h1-7,15-17H,8-9H2. The molecule has 4 heteroatoms. The number of ether oxygens (including phenoxy) is 1. The van der Waals surface area contributed by atoms with E-state index in [0.29, 0.717) is 12.2 Å². The molecule has 18 heavy (non-hydrogen) atoms. The molecule has 0 fully saturated rings. The van der Waals surface area contributed by atoms with Crippen LogP contribution in [0.5, 0.6) is 17.2 Å². The average Bonchev–Trinajstić information content (AvgIpc) is 2.40. The fourth-order valence-corrected chi connectivity index (χ4v) is 1.58. The smallest absolute Gasteiger partial charge is 0.200 e. The van der Waals surface area contributed by atoms with Crippen molar-refractivity contribution in [1.82, 2.24) is 0 Å². The molecule has 0 atom stereocenters. The van der Waals surface area contributed by atoms with Gasteiger partial charge in [0.15, 0.2) is 11.5 Å². The lowest BCUT2D eigenvalue weighted by Crippen LogP contribution is -1.94. The highest BCUT2D eigenvalue weighted by atomic mass is 16.5. The third-order valence-corrected chi connectivity index (χ3v) is 2.58. The van der Waals surface area contributed by atoms with Gasteiger partial charge in [0.25, 0.3) is 0 Å². The van der Waals surface area contributed by atoms with E-state index in [1.165, 1.54) is 12.1 Å². The second-order valence-corrected chi connectivity index (χ2v) is 3.92. The molecule has 2 rings (SSSR count). The lowest BCUT2D eigenvalue weighted by molar-refractivity contribution is 0.105. The third-order valence-electron chi connectivity index (χ3n) is 2.58. The number of rotatable bonds is 4. The van der Waals surface area contributed by atoms with Gasteiger partial charge in [0.1, 0.15) is 0 Å². The van der Waals surface area contributed by atoms with Crippen LogP contribution >= 0.6 is 0 Å². The fourth-order valence-electron chi connectivity index (χ4n) is 1.58. The Kier molecular flexibility index (Phi) is 3.69. The van der Waals surface area contributed by atoms with Gasteiger partial charge in [-0.3, -0.25) is 0 Å². The summed E-state index contributed by atoms with van der Waals surface area (Å²) < 4.78 is 5.43. The summed E-state index contributed by atoms with van der Waals surface area (Å²) in [6.07, 6.45) is 0. The zero-order valence-electron chi connectivity index (χ0n) is 9.71. The van der Waals surface area contributed by atoms with Crippen LogP contribution in [0.1, 0.15) is 11.1 Å². The highest BCUT2D eigenvalue weighted by Gasteiger charge is 2.10. The zero-order chi connectivity index (χ0) is 13.0. The summed E-state index contributed by atoms with van der Waals surface area (Å²) in [4.78, 5) is 0. The lowest BCUT2D eigenvalue weighted by Gasteiger charge is -2.08. The summed E-state index contributed by atoms with van der Waals surface area (Å²) in [5.74, 6) is -1.21. The molecule has 0 bridgehead atoms. The molecule has 0 aliphatic heterocycles. The van der Waals surface area contributed by atoms with Gasteiger partial charge in [-0.1, -0.05) is 30.3 Å². The zero-order valence-corrected chi connectivity index (χ0v) is 9.71. The summed E-state index contributed by atoms with van der Waals surface area (Å²) >= 11 is 0. The van der Waals surface area contributed by atoms with Crippen LogP contribution in [-0.4, -0.2) is 15.3 Å². The first-order valence-electron chi connectivity index (χ1n) is 5.53. The fraction of sp³-hybridized carbons (Fsp3) is 0.143. The Morgan fingerprint density at radius 3 is 2.22 bits per heavy atom. The van der Waals surface area contributed by atoms with Crippen LogP contribution in [0, 0.1) is 0 Å². The Morgan fingerprint density at radius 1 is 0.778 bits per heavy atom. The van der Waals surface area contributed by atoms with Gasteiger partial charge >= 0.3 is 0 Å². The monoisotopic (exact) mass is 246 g/mol. The van der Waals surface area contributed by atoms with Crippen molar-refractivity contribution in [2.24, 2.45) is 0 Å². The van der Waals surface area contributed by atoms with E-state index in [4.69, 9.17) is 4.74 Å². The minimum Gasteiger partial charge on any atom is -0.504 e. The molecule has 0 amide bonds. The van der Waals surface area contributed by atoms with Gasteiger partial charge in [-0.2, -0.15) is 0 Å². The van der Waals surface area contributed by atoms with E-state index in [1.807, 2.05) is 30.3 Å². The van der Waals surface area contributed by atoms with Gasteiger partial charge < -0.3 is 20.1 Å². The Labute approximate surface area is 105 Å². The minimum atomic E-state index is -0.518. The third kappa shape index (κ3) is 2.73. The first kappa shape index (κ1) is 12.3. The maximum Gasteiger partial charge on any atom is 0.200 e. The molecule has 0 radical (unpaired) electrons. The largest absolute Gasteiger partial charge is 0.504 e. The Balaban J connectivity index is 1.97. The predicted octanol–water partition coefficient (Wildman–Crippen LogP) is 2.52. The molecule has 0 spiro atoms. The van der Waals surface area contributed by atoms with Crippen molar-refractivity contribution in [2.45, 2.75) is 13.2 Å². The van der Waals surface area contributed by atoms with E-state index in [9.17, 15) is 15.3 Å². The minimum absolute atomic E-state index is 0.161. The maximum atomic E-state index is 9.59. The van der Waals surface area contributed by atoms with Crippen LogP contribution in [0.3, 0.4) is 0 Å². The predicted molar refractivity (Wildman–Crippen MR) is 66.4 cm³/mol. The van der Waals surface area contributed by atoms with Crippen molar-refractivity contribution in [2.75, 3.05) is 0 Å². The number of benzene rings is 2. The van der Waals surface area contributed by atoms with Crippen LogP contribution in [0.4, 0.5) is 0 Å². The summed E-state index contributed by atoms with van der Waals surface area (Å²) in [5.41, 5.74) is 1.46. The normalized spacial score (nSPS) is 10.4. The molecular weight excluding hydrogens is 232 g/mol. The number of hydrogen-bond donors (Lipinski definition) is 3. The van der Waals surface area contributed by atoms with Gasteiger partial charge in [-0.15, -0.1) is 0 Å². The lowest BCUT2D eigenvalue weighted by atomic mass is 10.2. The van der Waals surface area contributed by atoms with Crippen molar-refractivity contribution in [3.05, 3.63) is 53.6 Å². The molecule has 94 valence electrons. The number of hydrogen-bond acceptors (Lipinski definition) is 4. The SMILES string of the molecule is Oc1ccc(COCc2ccccc2)c(O)c1O. The molecule has 0 saturated heterocycles. The van der Waals surface area contributed by atoms with Crippen molar-refractivity contribution < 1.29 is 20.1 Å². The van der Waals surface area contributed by atoms with Crippen LogP contribution in [0.2, 0.25) is 0 Å². The number of phenols is 3. The van der Waals surface area contributed by atoms with Crippen molar-refractivity contribution in [1.29, 1.82) is 0 Å². The molecular formula is C14H14O4. The molecule has 0 aromatic heterocycles. The van der Waals surface area contributed by atoms with Crippen LogP contribution < -0.4 is 0 Å². The van der Waals surface area contributed by atoms with Crippen LogP contribution in [0.15, 0.2) is 42.5 Å². The molecule has 0 aliphatic rings. The first-order chi connectivity index (χ1) is 8.68. The summed E-state index contributed by atoms with van der Waals surface area (Å²) in [7, 11) is 0. The Bertz CT molecular complexity index is 523. The van der Waals surface area contributed by atoms with Gasteiger partial charge in [-0.05, 0) is 17.7 Å². The van der Waals surface area contributed by atoms with Gasteiger partial charge in [0.05, 0.1) is 13.2 Å². The molecule has 4 nitrogen and oxygen atoms in total. The van der Waals surface area contributed by atoms with E-state index in [0.717, 1.165) is 5.56 Å². The topological polar surface area (TPSA) is 69.9 Å². The molecule has 3 N–H and O–H groups in total. The summed E-state index contributed by atoms with van der Waals surface area (Å²) in [5, 5.41) is 28.1. The molecule has 0 aliphatic carbocycles. The van der Waals surface area contributed by atoms with Crippen molar-refractivity contribution in [3.8, 4) is 17.2 Å². The highest BCUT2D eigenvalue weighted by molar-refractivity contribution is 5.52. The first-order valence-corrected chi connectivity index (χ1v) is 5.53. The molecule has 2 aromatic rings. The molecule has 2 aromatic carbocycles.